The van der Waals surface area contributed by atoms with E-state index in [0.29, 0.717) is 13.2 Å². The topological polar surface area (TPSA) is 74.8 Å². The summed E-state index contributed by atoms with van der Waals surface area (Å²) in [7, 11) is -0.576. The highest BCUT2D eigenvalue weighted by molar-refractivity contribution is 9.10. The summed E-state index contributed by atoms with van der Waals surface area (Å²) in [4.78, 5) is 20.4. The fourth-order valence-electron chi connectivity index (χ4n) is 3.64. The second-order valence-electron chi connectivity index (χ2n) is 8.76. The van der Waals surface area contributed by atoms with Gasteiger partial charge in [-0.1, -0.05) is 28.1 Å². The van der Waals surface area contributed by atoms with Crippen molar-refractivity contribution in [3.8, 4) is 11.3 Å². The first-order valence-electron chi connectivity index (χ1n) is 10.6. The zero-order valence-corrected chi connectivity index (χ0v) is 21.4. The van der Waals surface area contributed by atoms with E-state index in [1.807, 2.05) is 52.0 Å². The van der Waals surface area contributed by atoms with Crippen molar-refractivity contribution < 1.29 is 9.53 Å². The first-order chi connectivity index (χ1) is 15.9. The number of fused-ring (bicyclic) bond motifs is 1. The molecule has 0 aliphatic carbocycles. The van der Waals surface area contributed by atoms with Crippen LogP contribution >= 0.6 is 26.0 Å². The maximum Gasteiger partial charge on any atom is 0.145 e. The van der Waals surface area contributed by atoms with Crippen molar-refractivity contribution in [2.75, 3.05) is 31.1 Å². The number of hydrogen-bond donors (Lipinski definition) is 0. The van der Waals surface area contributed by atoms with Crippen molar-refractivity contribution >= 4 is 43.3 Å². The van der Waals surface area contributed by atoms with Gasteiger partial charge in [0.25, 0.3) is 0 Å². The number of carbonyl (C=O) groups excluding carboxylic acids is 1. The lowest BCUT2D eigenvalue weighted by Crippen LogP contribution is -2.11. The summed E-state index contributed by atoms with van der Waals surface area (Å²) in [6.45, 7) is 1.19. The Hall–Kier alpha value is -2.49. The monoisotopic (exact) mass is 529 g/mol. The van der Waals surface area contributed by atoms with Crippen molar-refractivity contribution in [2.45, 2.75) is 19.2 Å². The van der Waals surface area contributed by atoms with Gasteiger partial charge in [0.05, 0.1) is 24.5 Å². The number of ether oxygens (including phenoxy) is 1. The molecule has 174 valence electrons. The molecular weight excluding hydrogens is 502 g/mol. The molecule has 1 aromatic carbocycles. The van der Waals surface area contributed by atoms with Crippen LogP contribution in [0.15, 0.2) is 59.7 Å². The van der Waals surface area contributed by atoms with Crippen molar-refractivity contribution in [2.24, 2.45) is 0 Å². The molecule has 0 spiro atoms. The SMILES string of the molecule is CS(C)(C)CCOCn1ccc2c(-c3cnn(C(CC=O)c4cccc(Br)c4)c3)ncnc21. The highest BCUT2D eigenvalue weighted by atomic mass is 79.9. The Labute approximate surface area is 203 Å². The fraction of sp³-hybridized carbons (Fsp3) is 0.333. The molecule has 0 radical (unpaired) electrons. The minimum absolute atomic E-state index is 0.186. The van der Waals surface area contributed by atoms with Crippen molar-refractivity contribution in [1.82, 2.24) is 24.3 Å². The first-order valence-corrected chi connectivity index (χ1v) is 14.4. The van der Waals surface area contributed by atoms with Crippen molar-refractivity contribution in [1.29, 1.82) is 0 Å². The maximum atomic E-state index is 11.4. The van der Waals surface area contributed by atoms with Gasteiger partial charge in [-0.3, -0.25) is 4.68 Å². The molecule has 9 heteroatoms. The van der Waals surface area contributed by atoms with Gasteiger partial charge in [-0.2, -0.15) is 5.10 Å². The lowest BCUT2D eigenvalue weighted by Gasteiger charge is -2.24. The van der Waals surface area contributed by atoms with Gasteiger partial charge < -0.3 is 14.1 Å². The van der Waals surface area contributed by atoms with E-state index in [2.05, 4.69) is 49.8 Å². The molecule has 0 saturated carbocycles. The zero-order valence-electron chi connectivity index (χ0n) is 19.0. The Kier molecular flexibility index (Phi) is 7.31. The summed E-state index contributed by atoms with van der Waals surface area (Å²) in [6.07, 6.45) is 15.4. The molecule has 0 amide bonds. The van der Waals surface area contributed by atoms with E-state index in [1.165, 1.54) is 0 Å². The van der Waals surface area contributed by atoms with Crippen LogP contribution in [0.3, 0.4) is 0 Å². The Morgan fingerprint density at radius 3 is 2.82 bits per heavy atom. The Balaban J connectivity index is 1.58. The average Bonchev–Trinajstić information content (AvgIpc) is 3.42. The second-order valence-corrected chi connectivity index (χ2v) is 14.3. The Morgan fingerprint density at radius 2 is 2.06 bits per heavy atom. The van der Waals surface area contributed by atoms with E-state index >= 15 is 0 Å². The molecule has 0 aliphatic rings. The summed E-state index contributed by atoms with van der Waals surface area (Å²) in [5.74, 6) is 1.07. The van der Waals surface area contributed by atoms with Crippen molar-refractivity contribution in [3.05, 3.63) is 65.3 Å². The third-order valence-corrected chi connectivity index (χ3v) is 7.26. The van der Waals surface area contributed by atoms with E-state index in [1.54, 1.807) is 12.5 Å². The quantitative estimate of drug-likeness (QED) is 0.215. The molecule has 33 heavy (non-hydrogen) atoms. The number of aromatic nitrogens is 5. The van der Waals surface area contributed by atoms with Gasteiger partial charge in [0, 0.05) is 40.0 Å². The molecule has 1 atom stereocenters. The molecule has 1 unspecified atom stereocenters. The third kappa shape index (κ3) is 5.72. The third-order valence-electron chi connectivity index (χ3n) is 5.37. The van der Waals surface area contributed by atoms with Gasteiger partial charge in [0.2, 0.25) is 0 Å². The van der Waals surface area contributed by atoms with E-state index in [-0.39, 0.29) is 6.04 Å². The van der Waals surface area contributed by atoms with Gasteiger partial charge in [-0.15, -0.1) is 0 Å². The largest absolute Gasteiger partial charge is 0.360 e. The van der Waals surface area contributed by atoms with Crippen LogP contribution in [0.4, 0.5) is 0 Å². The Bertz CT molecular complexity index is 1250. The first kappa shape index (κ1) is 23.7. The molecular formula is C24H28BrN5O2S. The number of aldehydes is 1. The molecule has 0 bridgehead atoms. The van der Waals surface area contributed by atoms with Crippen LogP contribution in [0.25, 0.3) is 22.3 Å². The average molecular weight is 530 g/mol. The van der Waals surface area contributed by atoms with Gasteiger partial charge in [-0.25, -0.2) is 20.0 Å². The van der Waals surface area contributed by atoms with Crippen LogP contribution in [-0.4, -0.2) is 61.7 Å². The lowest BCUT2D eigenvalue weighted by atomic mass is 10.0. The van der Waals surface area contributed by atoms with E-state index in [9.17, 15) is 4.79 Å². The van der Waals surface area contributed by atoms with Crippen LogP contribution in [0.2, 0.25) is 0 Å². The predicted molar refractivity (Wildman–Crippen MR) is 138 cm³/mol. The van der Waals surface area contributed by atoms with E-state index in [0.717, 1.165) is 51.0 Å². The number of carbonyl (C=O) groups is 1. The zero-order chi connectivity index (χ0) is 23.4. The normalized spacial score (nSPS) is 13.3. The summed E-state index contributed by atoms with van der Waals surface area (Å²) >= 11 is 3.51. The van der Waals surface area contributed by atoms with Crippen LogP contribution in [-0.2, 0) is 16.3 Å². The maximum absolute atomic E-state index is 11.4. The number of benzene rings is 1. The molecule has 4 rings (SSSR count). The lowest BCUT2D eigenvalue weighted by molar-refractivity contribution is -0.108. The Morgan fingerprint density at radius 1 is 1.21 bits per heavy atom. The summed E-state index contributed by atoms with van der Waals surface area (Å²) in [6, 6.07) is 9.77. The van der Waals surface area contributed by atoms with Crippen LogP contribution in [0.1, 0.15) is 18.0 Å². The van der Waals surface area contributed by atoms with Crippen LogP contribution < -0.4 is 0 Å². The van der Waals surface area contributed by atoms with Gasteiger partial charge in [-0.05, 0) is 42.5 Å². The summed E-state index contributed by atoms with van der Waals surface area (Å²) in [5, 5.41) is 5.51. The molecule has 0 fully saturated rings. The van der Waals surface area contributed by atoms with Crippen LogP contribution in [0.5, 0.6) is 0 Å². The smallest absolute Gasteiger partial charge is 0.145 e. The highest BCUT2D eigenvalue weighted by Gasteiger charge is 2.18. The number of hydrogen-bond acceptors (Lipinski definition) is 5. The number of halogens is 1. The van der Waals surface area contributed by atoms with Gasteiger partial charge >= 0.3 is 0 Å². The highest BCUT2D eigenvalue weighted by Crippen LogP contribution is 2.33. The fourth-order valence-corrected chi connectivity index (χ4v) is 4.68. The van der Waals surface area contributed by atoms with Gasteiger partial charge in [0.15, 0.2) is 0 Å². The molecule has 0 N–H and O–H groups in total. The molecule has 0 aliphatic heterocycles. The minimum Gasteiger partial charge on any atom is -0.360 e. The second kappa shape index (κ2) is 10.2. The van der Waals surface area contributed by atoms with Crippen LogP contribution in [0, 0.1) is 0 Å². The summed E-state index contributed by atoms with van der Waals surface area (Å²) < 4.78 is 10.7. The van der Waals surface area contributed by atoms with E-state index < -0.39 is 10.0 Å². The van der Waals surface area contributed by atoms with Crippen molar-refractivity contribution in [3.63, 3.8) is 0 Å². The summed E-state index contributed by atoms with van der Waals surface area (Å²) in [5.41, 5.74) is 3.53. The predicted octanol–water partition coefficient (Wildman–Crippen LogP) is 4.90. The molecule has 4 aromatic rings. The molecule has 7 nitrogen and oxygen atoms in total. The minimum atomic E-state index is -0.576. The van der Waals surface area contributed by atoms with E-state index in [4.69, 9.17) is 4.74 Å². The molecule has 0 saturated heterocycles. The number of nitrogens with zero attached hydrogens (tertiary/aromatic N) is 5. The number of rotatable bonds is 10. The molecule has 3 heterocycles. The standard InChI is InChI=1S/C24H28BrN5O2S/c1-33(2,3)12-11-32-17-29-9-7-21-23(26-16-27-24(21)29)19-14-28-30(15-19)22(8-10-31)18-5-4-6-20(25)13-18/h4-7,9-10,13-16,22H,8,11-12,17H2,1-3H3. The molecule has 3 aromatic heterocycles. The van der Waals surface area contributed by atoms with Gasteiger partial charge in [0.1, 0.15) is 25.0 Å².